The number of benzene rings is 3. The third-order valence-corrected chi connectivity index (χ3v) is 7.39. The van der Waals surface area contributed by atoms with E-state index in [9.17, 15) is 23.2 Å². The van der Waals surface area contributed by atoms with Gasteiger partial charge in [0.05, 0.1) is 20.1 Å². The van der Waals surface area contributed by atoms with E-state index in [4.69, 9.17) is 46.4 Å². The Morgan fingerprint density at radius 2 is 1.28 bits per heavy atom. The highest BCUT2D eigenvalue weighted by Crippen LogP contribution is 2.53. The fourth-order valence-electron chi connectivity index (χ4n) is 3.21. The molecule has 0 aliphatic carbocycles. The molecule has 1 unspecified atom stereocenters. The van der Waals surface area contributed by atoms with Crippen LogP contribution in [0.5, 0.6) is 11.5 Å². The molecule has 3 aromatic carbocycles. The van der Waals surface area contributed by atoms with Gasteiger partial charge in [0.2, 0.25) is 0 Å². The van der Waals surface area contributed by atoms with E-state index in [-0.39, 0.29) is 31.8 Å². The summed E-state index contributed by atoms with van der Waals surface area (Å²) in [4.78, 5) is 0. The van der Waals surface area contributed by atoms with Gasteiger partial charge in [0.25, 0.3) is 10.1 Å². The molecule has 0 aliphatic rings. The second kappa shape index (κ2) is 7.87. The van der Waals surface area contributed by atoms with Gasteiger partial charge in [-0.15, -0.1) is 0 Å². The zero-order valence-electron chi connectivity index (χ0n) is 14.3. The van der Waals surface area contributed by atoms with Crippen molar-refractivity contribution in [3.63, 3.8) is 0 Å². The Balaban J connectivity index is 2.66. The van der Waals surface area contributed by atoms with Crippen molar-refractivity contribution in [2.24, 2.45) is 0 Å². The number of rotatable bonds is 4. The molecule has 152 valence electrons. The first kappa shape index (κ1) is 22.0. The molecule has 0 aromatic heterocycles. The average Bonchev–Trinajstić information content (AvgIpc) is 2.65. The number of hydrogen-bond donors (Lipinski definition) is 3. The zero-order valence-corrected chi connectivity index (χ0v) is 18.1. The lowest BCUT2D eigenvalue weighted by molar-refractivity contribution is 0.439. The summed E-state index contributed by atoms with van der Waals surface area (Å²) in [6.45, 7) is 0. The Kier molecular flexibility index (Phi) is 5.98. The molecule has 0 saturated heterocycles. The predicted octanol–water partition coefficient (Wildman–Crippen LogP) is 5.89. The molecule has 0 bridgehead atoms. The van der Waals surface area contributed by atoms with E-state index in [1.54, 1.807) is 0 Å². The molecule has 3 aromatic rings. The fourth-order valence-corrected chi connectivity index (χ4v) is 5.63. The maximum Gasteiger partial charge on any atom is 0.283 e. The number of para-hydroxylation sites is 1. The lowest BCUT2D eigenvalue weighted by Gasteiger charge is -2.34. The molecule has 3 N–H and O–H groups in total. The molecular formula is C19H12Cl4O5S. The van der Waals surface area contributed by atoms with E-state index in [1.165, 1.54) is 54.6 Å². The first-order chi connectivity index (χ1) is 13.5. The highest BCUT2D eigenvalue weighted by molar-refractivity contribution is 7.87. The van der Waals surface area contributed by atoms with Gasteiger partial charge in [0, 0.05) is 16.7 Å². The van der Waals surface area contributed by atoms with Crippen molar-refractivity contribution in [1.29, 1.82) is 0 Å². The summed E-state index contributed by atoms with van der Waals surface area (Å²) in [6, 6.07) is 12.0. The van der Waals surface area contributed by atoms with Crippen molar-refractivity contribution in [2.45, 2.75) is 4.75 Å². The second-order valence-corrected chi connectivity index (χ2v) is 9.17. The molecule has 0 spiro atoms. The molecule has 0 aliphatic heterocycles. The van der Waals surface area contributed by atoms with E-state index < -0.39 is 31.4 Å². The van der Waals surface area contributed by atoms with Crippen LogP contribution < -0.4 is 0 Å². The van der Waals surface area contributed by atoms with Crippen LogP contribution in [0.2, 0.25) is 20.1 Å². The minimum absolute atomic E-state index is 0.00178. The first-order valence-corrected chi connectivity index (χ1v) is 10.9. The van der Waals surface area contributed by atoms with Crippen LogP contribution in [0.1, 0.15) is 16.7 Å². The fraction of sp³-hybridized carbons (Fsp3) is 0.0526. The maximum atomic E-state index is 13.0. The summed E-state index contributed by atoms with van der Waals surface area (Å²) < 4.78 is 33.9. The van der Waals surface area contributed by atoms with Gasteiger partial charge < -0.3 is 10.2 Å². The minimum atomic E-state index is -5.14. The van der Waals surface area contributed by atoms with Crippen molar-refractivity contribution >= 4 is 56.5 Å². The summed E-state index contributed by atoms with van der Waals surface area (Å²) in [5, 5.41) is 20.0. The van der Waals surface area contributed by atoms with E-state index in [0.717, 1.165) is 0 Å². The monoisotopic (exact) mass is 492 g/mol. The van der Waals surface area contributed by atoms with Crippen molar-refractivity contribution < 1.29 is 23.2 Å². The zero-order chi connectivity index (χ0) is 21.6. The van der Waals surface area contributed by atoms with E-state index in [2.05, 4.69) is 0 Å². The number of hydrogen-bond acceptors (Lipinski definition) is 4. The summed E-state index contributed by atoms with van der Waals surface area (Å²) in [5.41, 5.74) is -0.719. The van der Waals surface area contributed by atoms with Crippen molar-refractivity contribution in [1.82, 2.24) is 0 Å². The summed E-state index contributed by atoms with van der Waals surface area (Å²) in [5.74, 6) is -1.07. The molecule has 0 fully saturated rings. The largest absolute Gasteiger partial charge is 0.508 e. The van der Waals surface area contributed by atoms with Gasteiger partial charge in [-0.3, -0.25) is 4.55 Å². The van der Waals surface area contributed by atoms with Crippen LogP contribution in [0.3, 0.4) is 0 Å². The van der Waals surface area contributed by atoms with Gasteiger partial charge in [-0.1, -0.05) is 82.8 Å². The van der Waals surface area contributed by atoms with E-state index in [0.29, 0.717) is 0 Å². The standard InChI is InChI=1S/C19H12Cl4O5S/c20-13-6-3-5-11(16(13)22)19(29(26,27)28,10-4-1-2-7-15(10)24)12-8-9-14(21)18(25)17(12)23/h1-9,24-25H,(H,26,27,28). The molecule has 5 nitrogen and oxygen atoms in total. The molecule has 29 heavy (non-hydrogen) atoms. The van der Waals surface area contributed by atoms with Gasteiger partial charge >= 0.3 is 0 Å². The van der Waals surface area contributed by atoms with Crippen LogP contribution >= 0.6 is 46.4 Å². The molecule has 3 rings (SSSR count). The Morgan fingerprint density at radius 3 is 1.90 bits per heavy atom. The van der Waals surface area contributed by atoms with Gasteiger partial charge in [0.15, 0.2) is 10.5 Å². The van der Waals surface area contributed by atoms with Crippen LogP contribution in [0, 0.1) is 0 Å². The van der Waals surface area contributed by atoms with Crippen LogP contribution in [-0.4, -0.2) is 23.2 Å². The molecule has 0 amide bonds. The number of aromatic hydroxyl groups is 2. The second-order valence-electron chi connectivity index (χ2n) is 6.03. The van der Waals surface area contributed by atoms with E-state index in [1.807, 2.05) is 0 Å². The van der Waals surface area contributed by atoms with Gasteiger partial charge in [0.1, 0.15) is 5.75 Å². The minimum Gasteiger partial charge on any atom is -0.508 e. The normalized spacial score (nSPS) is 13.8. The lowest BCUT2D eigenvalue weighted by Crippen LogP contribution is -2.39. The van der Waals surface area contributed by atoms with Crippen molar-refractivity contribution in [2.75, 3.05) is 0 Å². The quantitative estimate of drug-likeness (QED) is 0.311. The molecular weight excluding hydrogens is 482 g/mol. The van der Waals surface area contributed by atoms with Gasteiger partial charge in [-0.05, 0) is 18.2 Å². The summed E-state index contributed by atoms with van der Waals surface area (Å²) in [6.07, 6.45) is 0. The number of phenolic OH excluding ortho intramolecular Hbond substituents is 2. The van der Waals surface area contributed by atoms with E-state index >= 15 is 0 Å². The Morgan fingerprint density at radius 1 is 0.690 bits per heavy atom. The molecule has 1 atom stereocenters. The third-order valence-electron chi connectivity index (χ3n) is 4.45. The molecule has 0 radical (unpaired) electrons. The summed E-state index contributed by atoms with van der Waals surface area (Å²) in [7, 11) is -5.14. The smallest absolute Gasteiger partial charge is 0.283 e. The Bertz CT molecular complexity index is 1210. The van der Waals surface area contributed by atoms with Crippen LogP contribution in [0.15, 0.2) is 54.6 Å². The molecule has 10 heteroatoms. The average molecular weight is 494 g/mol. The van der Waals surface area contributed by atoms with Crippen molar-refractivity contribution in [3.8, 4) is 11.5 Å². The molecule has 0 saturated carbocycles. The number of halogens is 4. The first-order valence-electron chi connectivity index (χ1n) is 7.91. The summed E-state index contributed by atoms with van der Waals surface area (Å²) >= 11 is 24.6. The lowest BCUT2D eigenvalue weighted by atomic mass is 9.83. The molecule has 0 heterocycles. The van der Waals surface area contributed by atoms with Gasteiger partial charge in [-0.2, -0.15) is 8.42 Å². The highest BCUT2D eigenvalue weighted by atomic mass is 35.5. The predicted molar refractivity (Wildman–Crippen MR) is 114 cm³/mol. The van der Waals surface area contributed by atoms with Crippen LogP contribution in [-0.2, 0) is 14.9 Å². The highest BCUT2D eigenvalue weighted by Gasteiger charge is 2.52. The van der Waals surface area contributed by atoms with Gasteiger partial charge in [-0.25, -0.2) is 0 Å². The Labute approximate surface area is 186 Å². The van der Waals surface area contributed by atoms with Crippen molar-refractivity contribution in [3.05, 3.63) is 91.4 Å². The topological polar surface area (TPSA) is 94.8 Å². The third kappa shape index (κ3) is 3.44. The maximum absolute atomic E-state index is 13.0. The van der Waals surface area contributed by atoms with Crippen LogP contribution in [0.4, 0.5) is 0 Å². The number of phenols is 2. The van der Waals surface area contributed by atoms with Crippen LogP contribution in [0.25, 0.3) is 0 Å². The Hall–Kier alpha value is -1.67. The SMILES string of the molecule is O=S(=O)(O)C(c1ccccc1O)(c1cccc(Cl)c1Cl)c1ccc(Cl)c(O)c1Cl.